The number of hydrogen-bond acceptors (Lipinski definition) is 9. The molecule has 2 fully saturated rings. The van der Waals surface area contributed by atoms with E-state index in [0.29, 0.717) is 24.8 Å². The summed E-state index contributed by atoms with van der Waals surface area (Å²) in [6.07, 6.45) is 8.27. The Kier molecular flexibility index (Phi) is 11.8. The summed E-state index contributed by atoms with van der Waals surface area (Å²) in [6, 6.07) is 15.1. The second kappa shape index (κ2) is 17.1. The Morgan fingerprint density at radius 1 is 0.741 bits per heavy atom. The number of nitrogens with one attached hydrogen (secondary N) is 4. The van der Waals surface area contributed by atoms with Crippen LogP contribution in [-0.2, 0) is 19.1 Å². The van der Waals surface area contributed by atoms with Crippen LogP contribution in [0.2, 0.25) is 0 Å². The normalized spacial score (nSPS) is 17.8. The molecule has 0 aliphatic carbocycles. The number of nitrogens with zero attached hydrogens (tertiary/aromatic N) is 5. The van der Waals surface area contributed by atoms with Gasteiger partial charge in [0.15, 0.2) is 5.88 Å². The predicted molar refractivity (Wildman–Crippen MR) is 222 cm³/mol. The number of carbonyl (C=O) groups is 3. The van der Waals surface area contributed by atoms with Crippen LogP contribution in [0.5, 0.6) is 0 Å². The fourth-order valence-corrected chi connectivity index (χ4v) is 8.03. The van der Waals surface area contributed by atoms with Crippen molar-refractivity contribution in [1.29, 1.82) is 0 Å². The monoisotopic (exact) mass is 787 g/mol. The van der Waals surface area contributed by atoms with Gasteiger partial charge < -0.3 is 39.9 Å². The molecule has 0 spiro atoms. The molecule has 14 heteroatoms. The summed E-state index contributed by atoms with van der Waals surface area (Å²) < 4.78 is 9.97. The molecule has 4 N–H and O–H groups in total. The highest BCUT2D eigenvalue weighted by Crippen LogP contribution is 2.35. The lowest BCUT2D eigenvalue weighted by Crippen LogP contribution is -2.51. The van der Waals surface area contributed by atoms with Gasteiger partial charge in [0, 0.05) is 42.2 Å². The van der Waals surface area contributed by atoms with Crippen LogP contribution in [0, 0.1) is 11.8 Å². The molecule has 2 saturated heterocycles. The average molecular weight is 788 g/mol. The second-order valence-electron chi connectivity index (χ2n) is 15.8. The zero-order valence-corrected chi connectivity index (χ0v) is 34.0. The molecular formula is C44H53N9O5. The van der Waals surface area contributed by atoms with Crippen LogP contribution in [0.15, 0.2) is 79.6 Å². The highest BCUT2D eigenvalue weighted by molar-refractivity contribution is 5.90. The number of likely N-dealkylation sites (tertiary alicyclic amines) is 2. The van der Waals surface area contributed by atoms with Crippen molar-refractivity contribution in [2.24, 2.45) is 11.8 Å². The van der Waals surface area contributed by atoms with Crippen LogP contribution in [-0.4, -0.2) is 92.0 Å². The first kappa shape index (κ1) is 40.0. The number of amides is 3. The Balaban J connectivity index is 1.02. The van der Waals surface area contributed by atoms with Gasteiger partial charge in [-0.25, -0.2) is 14.8 Å². The van der Waals surface area contributed by atoms with Crippen molar-refractivity contribution in [2.75, 3.05) is 27.3 Å². The molecule has 5 heterocycles. The number of rotatable bonds is 13. The van der Waals surface area contributed by atoms with E-state index in [1.54, 1.807) is 11.1 Å². The third-order valence-electron chi connectivity index (χ3n) is 11.3. The van der Waals surface area contributed by atoms with E-state index in [-0.39, 0.29) is 35.7 Å². The summed E-state index contributed by atoms with van der Waals surface area (Å²) in [5.74, 6) is 1.68. The SMILES string of the molecule is C=C(N[C@H](C(=O)N1CCC[C@H]1c1nc(-c2ccc3cc(-c4ccc(-c5cnc([C@@H]6CCCN6C(=O)[C@@H](NC(=O)OC)C(C)C)[nH]5)cn4)ccc3c2)c[nH]1)C(C)C)OC. The lowest BCUT2D eigenvalue weighted by atomic mass is 10.0. The maximum atomic E-state index is 13.7. The Labute approximate surface area is 338 Å². The molecule has 2 aliphatic heterocycles. The Morgan fingerprint density at radius 3 is 1.90 bits per heavy atom. The zero-order chi connectivity index (χ0) is 41.1. The minimum atomic E-state index is -0.691. The number of benzene rings is 2. The minimum Gasteiger partial charge on any atom is -0.483 e. The van der Waals surface area contributed by atoms with Gasteiger partial charge in [0.2, 0.25) is 11.8 Å². The highest BCUT2D eigenvalue weighted by Gasteiger charge is 2.38. The Morgan fingerprint density at radius 2 is 1.33 bits per heavy atom. The van der Waals surface area contributed by atoms with Gasteiger partial charge in [-0.15, -0.1) is 0 Å². The van der Waals surface area contributed by atoms with Crippen LogP contribution in [0.3, 0.4) is 0 Å². The molecule has 3 aromatic heterocycles. The van der Waals surface area contributed by atoms with E-state index in [0.717, 1.165) is 76.1 Å². The summed E-state index contributed by atoms with van der Waals surface area (Å²) in [4.78, 5) is 64.2. The van der Waals surface area contributed by atoms with Gasteiger partial charge >= 0.3 is 6.09 Å². The van der Waals surface area contributed by atoms with Crippen molar-refractivity contribution in [3.8, 4) is 33.8 Å². The Hall–Kier alpha value is -6.18. The third kappa shape index (κ3) is 8.27. The first-order chi connectivity index (χ1) is 27.9. The van der Waals surface area contributed by atoms with Gasteiger partial charge in [0.05, 0.1) is 49.6 Å². The van der Waals surface area contributed by atoms with Gasteiger partial charge in [-0.1, -0.05) is 52.0 Å². The summed E-state index contributed by atoms with van der Waals surface area (Å²) in [7, 11) is 2.83. The quantitative estimate of drug-likeness (QED) is 0.0908. The number of aromatic amines is 2. The lowest BCUT2D eigenvalue weighted by molar-refractivity contribution is -0.136. The molecule has 304 valence electrons. The molecule has 14 nitrogen and oxygen atoms in total. The van der Waals surface area contributed by atoms with Crippen LogP contribution < -0.4 is 10.6 Å². The summed E-state index contributed by atoms with van der Waals surface area (Å²) in [5, 5.41) is 8.00. The summed E-state index contributed by atoms with van der Waals surface area (Å²) in [6.45, 7) is 12.9. The van der Waals surface area contributed by atoms with Crippen molar-refractivity contribution >= 4 is 28.7 Å². The predicted octanol–water partition coefficient (Wildman–Crippen LogP) is 7.12. The van der Waals surface area contributed by atoms with Gasteiger partial charge in [0.1, 0.15) is 23.7 Å². The van der Waals surface area contributed by atoms with Crippen molar-refractivity contribution in [3.63, 3.8) is 0 Å². The number of alkyl carbamates (subject to hydrolysis) is 1. The topological polar surface area (TPSA) is 170 Å². The molecule has 2 aromatic carbocycles. The van der Waals surface area contributed by atoms with Gasteiger partial charge in [-0.05, 0) is 79.1 Å². The standard InChI is InChI=1S/C44H53N9O5/c1-25(2)38(48-27(5)57-6)42(54)52-18-8-10-36(52)40-46-23-34(49-40)31-15-13-28-20-30(14-12-29(28)21-31)33-17-16-32(22-45-33)35-24-47-41(50-35)37-11-9-19-53(37)43(55)39(26(3)4)51-44(56)58-7/h12-17,20-26,36-39,48H,5,8-11,18-19H2,1-4,6-7H3,(H,46,49)(H,47,50)(H,51,56)/t36-,37-,38-,39-/m0/s1. The number of hydrogen-bond donors (Lipinski definition) is 4. The molecule has 0 bridgehead atoms. The van der Waals surface area contributed by atoms with Crippen molar-refractivity contribution in [1.82, 2.24) is 45.4 Å². The summed E-state index contributed by atoms with van der Waals surface area (Å²) in [5.41, 5.74) is 5.34. The van der Waals surface area contributed by atoms with E-state index < -0.39 is 18.2 Å². The molecule has 4 atom stereocenters. The first-order valence-corrected chi connectivity index (χ1v) is 20.0. The van der Waals surface area contributed by atoms with Crippen molar-refractivity contribution in [2.45, 2.75) is 77.5 Å². The van der Waals surface area contributed by atoms with E-state index in [2.05, 4.69) is 68.6 Å². The fourth-order valence-electron chi connectivity index (χ4n) is 8.03. The molecule has 0 radical (unpaired) electrons. The van der Waals surface area contributed by atoms with Gasteiger partial charge in [-0.3, -0.25) is 14.6 Å². The number of methoxy groups -OCH3 is 2. The van der Waals surface area contributed by atoms with Crippen molar-refractivity contribution in [3.05, 3.63) is 91.2 Å². The average Bonchev–Trinajstić information content (AvgIpc) is 4.07. The number of H-pyrrole nitrogens is 2. The molecule has 5 aromatic rings. The number of pyridine rings is 1. The molecule has 0 unspecified atom stereocenters. The molecular weight excluding hydrogens is 735 g/mol. The van der Waals surface area contributed by atoms with Crippen LogP contribution in [0.4, 0.5) is 4.79 Å². The van der Waals surface area contributed by atoms with E-state index in [1.807, 2.05) is 57.1 Å². The van der Waals surface area contributed by atoms with Gasteiger partial charge in [-0.2, -0.15) is 0 Å². The maximum Gasteiger partial charge on any atom is 0.407 e. The summed E-state index contributed by atoms with van der Waals surface area (Å²) >= 11 is 0. The second-order valence-corrected chi connectivity index (χ2v) is 15.8. The minimum absolute atomic E-state index is 0.0172. The van der Waals surface area contributed by atoms with Crippen LogP contribution in [0.25, 0.3) is 44.5 Å². The molecule has 2 aliphatic rings. The van der Waals surface area contributed by atoms with Gasteiger partial charge in [0.25, 0.3) is 0 Å². The zero-order valence-electron chi connectivity index (χ0n) is 34.0. The number of imidazole rings is 2. The van der Waals surface area contributed by atoms with E-state index in [1.165, 1.54) is 14.2 Å². The van der Waals surface area contributed by atoms with Crippen LogP contribution in [0.1, 0.15) is 77.1 Å². The lowest BCUT2D eigenvalue weighted by Gasteiger charge is -2.30. The number of aromatic nitrogens is 5. The largest absolute Gasteiger partial charge is 0.483 e. The third-order valence-corrected chi connectivity index (χ3v) is 11.3. The number of fused-ring (bicyclic) bond motifs is 1. The first-order valence-electron chi connectivity index (χ1n) is 20.0. The smallest absolute Gasteiger partial charge is 0.407 e. The molecule has 0 saturated carbocycles. The fraction of sp³-hybridized carbons (Fsp3) is 0.409. The Bertz CT molecular complexity index is 2280. The van der Waals surface area contributed by atoms with Crippen molar-refractivity contribution < 1.29 is 23.9 Å². The highest BCUT2D eigenvalue weighted by atomic mass is 16.5. The van der Waals surface area contributed by atoms with E-state index in [4.69, 9.17) is 19.4 Å². The number of ether oxygens (including phenoxy) is 2. The van der Waals surface area contributed by atoms with E-state index >= 15 is 0 Å². The van der Waals surface area contributed by atoms with Crippen LogP contribution >= 0.6 is 0 Å². The number of carbonyl (C=O) groups excluding carboxylic acids is 3. The molecule has 7 rings (SSSR count). The maximum absolute atomic E-state index is 13.7. The van der Waals surface area contributed by atoms with E-state index in [9.17, 15) is 14.4 Å². The molecule has 58 heavy (non-hydrogen) atoms. The molecule has 3 amide bonds.